The van der Waals surface area contributed by atoms with Crippen LogP contribution < -0.4 is 0 Å². The van der Waals surface area contributed by atoms with Crippen LogP contribution >= 0.6 is 0 Å². The van der Waals surface area contributed by atoms with Crippen molar-refractivity contribution in [1.29, 1.82) is 0 Å². The maximum absolute atomic E-state index is 14.9. The van der Waals surface area contributed by atoms with Gasteiger partial charge in [-0.2, -0.15) is 0 Å². The standard InChI is InChI=1S/C30H29FN2O2/c1-35-28(34)16-14-21-13-15-23(26(31)18-21)19-33-17-7-10-24(20-33)29-25-11-5-6-12-27(25)32-30(29)22-8-3-2-4-9-22/h2-6,8-9,11-16,18,24,32H,7,10,17,19-20H2,1H3/b16-14+. The Balaban J connectivity index is 1.39. The van der Waals surface area contributed by atoms with Crippen molar-refractivity contribution >= 4 is 22.9 Å². The summed E-state index contributed by atoms with van der Waals surface area (Å²) in [6.07, 6.45) is 5.05. The van der Waals surface area contributed by atoms with E-state index in [0.717, 1.165) is 31.4 Å². The Bertz CT molecular complexity index is 1360. The number of likely N-dealkylation sites (tertiary alicyclic amines) is 1. The maximum atomic E-state index is 14.9. The SMILES string of the molecule is COC(=O)/C=C/c1ccc(CN2CCCC(c3c(-c4ccccc4)[nH]c4ccccc34)C2)c(F)c1. The number of esters is 1. The predicted octanol–water partition coefficient (Wildman–Crippen LogP) is 6.54. The summed E-state index contributed by atoms with van der Waals surface area (Å²) in [7, 11) is 1.32. The average molecular weight is 469 g/mol. The van der Waals surface area contributed by atoms with Crippen molar-refractivity contribution < 1.29 is 13.9 Å². The first-order valence-electron chi connectivity index (χ1n) is 12.0. The van der Waals surface area contributed by atoms with Crippen molar-refractivity contribution in [2.75, 3.05) is 20.2 Å². The molecular formula is C30H29FN2O2. The summed E-state index contributed by atoms with van der Waals surface area (Å²) in [6.45, 7) is 2.39. The number of fused-ring (bicyclic) bond motifs is 1. The molecule has 0 aliphatic carbocycles. The molecule has 1 N–H and O–H groups in total. The van der Waals surface area contributed by atoms with Crippen molar-refractivity contribution in [2.45, 2.75) is 25.3 Å². The van der Waals surface area contributed by atoms with Crippen LogP contribution in [-0.2, 0) is 16.1 Å². The molecule has 3 aromatic carbocycles. The van der Waals surface area contributed by atoms with E-state index in [1.807, 2.05) is 18.2 Å². The van der Waals surface area contributed by atoms with Gasteiger partial charge in [-0.05, 0) is 60.2 Å². The molecule has 4 nitrogen and oxygen atoms in total. The number of piperidine rings is 1. The van der Waals surface area contributed by atoms with E-state index in [4.69, 9.17) is 0 Å². The molecule has 1 aliphatic rings. The third kappa shape index (κ3) is 5.05. The lowest BCUT2D eigenvalue weighted by Gasteiger charge is -2.33. The van der Waals surface area contributed by atoms with Crippen LogP contribution in [0.15, 0.2) is 78.9 Å². The van der Waals surface area contributed by atoms with Gasteiger partial charge in [0.25, 0.3) is 0 Å². The fourth-order valence-electron chi connectivity index (χ4n) is 5.12. The number of nitrogens with one attached hydrogen (secondary N) is 1. The van der Waals surface area contributed by atoms with Crippen LogP contribution in [0.5, 0.6) is 0 Å². The number of nitrogens with zero attached hydrogens (tertiary/aromatic N) is 1. The molecule has 0 amide bonds. The van der Waals surface area contributed by atoms with Crippen molar-refractivity contribution in [3.8, 4) is 11.3 Å². The monoisotopic (exact) mass is 468 g/mol. The second-order valence-corrected chi connectivity index (χ2v) is 9.11. The van der Waals surface area contributed by atoms with Crippen molar-refractivity contribution in [2.24, 2.45) is 0 Å². The molecule has 0 bridgehead atoms. The minimum absolute atomic E-state index is 0.254. The highest BCUT2D eigenvalue weighted by molar-refractivity contribution is 5.91. The molecule has 4 aromatic rings. The Morgan fingerprint density at radius 1 is 1.11 bits per heavy atom. The third-order valence-electron chi connectivity index (χ3n) is 6.81. The van der Waals surface area contributed by atoms with E-state index in [1.165, 1.54) is 41.5 Å². The Labute approximate surface area is 205 Å². The fraction of sp³-hybridized carbons (Fsp3) is 0.233. The Morgan fingerprint density at radius 3 is 2.71 bits per heavy atom. The van der Waals surface area contributed by atoms with E-state index in [-0.39, 0.29) is 5.82 Å². The van der Waals surface area contributed by atoms with Gasteiger partial charge in [0.2, 0.25) is 0 Å². The zero-order valence-electron chi connectivity index (χ0n) is 19.8. The third-order valence-corrected chi connectivity index (χ3v) is 6.81. The Kier molecular flexibility index (Phi) is 6.77. The van der Waals surface area contributed by atoms with Crippen LogP contribution in [0.1, 0.15) is 35.4 Å². The molecule has 5 heteroatoms. The van der Waals surface area contributed by atoms with Crippen molar-refractivity contribution in [3.63, 3.8) is 0 Å². The van der Waals surface area contributed by atoms with Crippen molar-refractivity contribution in [1.82, 2.24) is 9.88 Å². The van der Waals surface area contributed by atoms with Gasteiger partial charge >= 0.3 is 5.97 Å². The molecule has 1 aliphatic heterocycles. The summed E-state index contributed by atoms with van der Waals surface area (Å²) >= 11 is 0. The highest BCUT2D eigenvalue weighted by Gasteiger charge is 2.27. The number of para-hydroxylation sites is 1. The largest absolute Gasteiger partial charge is 0.466 e. The lowest BCUT2D eigenvalue weighted by atomic mass is 9.87. The van der Waals surface area contributed by atoms with E-state index < -0.39 is 5.97 Å². The van der Waals surface area contributed by atoms with Gasteiger partial charge in [-0.15, -0.1) is 0 Å². The molecule has 0 saturated carbocycles. The molecule has 1 fully saturated rings. The van der Waals surface area contributed by atoms with Crippen LogP contribution in [-0.4, -0.2) is 36.1 Å². The summed E-state index contributed by atoms with van der Waals surface area (Å²) in [5.41, 5.74) is 6.20. The number of methoxy groups -OCH3 is 1. The summed E-state index contributed by atoms with van der Waals surface area (Å²) in [6, 6.07) is 24.1. The number of ether oxygens (including phenoxy) is 1. The molecule has 178 valence electrons. The average Bonchev–Trinajstić information content (AvgIpc) is 3.29. The molecule has 1 unspecified atom stereocenters. The molecule has 2 heterocycles. The van der Waals surface area contributed by atoms with Crippen LogP contribution in [0.3, 0.4) is 0 Å². The van der Waals surface area contributed by atoms with E-state index in [2.05, 4.69) is 63.2 Å². The summed E-state index contributed by atoms with van der Waals surface area (Å²) in [5, 5.41) is 1.27. The number of aromatic nitrogens is 1. The summed E-state index contributed by atoms with van der Waals surface area (Å²) in [4.78, 5) is 17.3. The minimum atomic E-state index is -0.457. The quantitative estimate of drug-likeness (QED) is 0.258. The predicted molar refractivity (Wildman–Crippen MR) is 138 cm³/mol. The van der Waals surface area contributed by atoms with Gasteiger partial charge in [-0.1, -0.05) is 60.7 Å². The molecule has 1 aromatic heterocycles. The topological polar surface area (TPSA) is 45.3 Å². The number of carbonyl (C=O) groups is 1. The molecule has 35 heavy (non-hydrogen) atoms. The molecule has 5 rings (SSSR count). The van der Waals surface area contributed by atoms with Gasteiger partial charge in [-0.25, -0.2) is 9.18 Å². The number of benzene rings is 3. The zero-order chi connectivity index (χ0) is 24.2. The van der Waals surface area contributed by atoms with Crippen molar-refractivity contribution in [3.05, 3.63) is 101 Å². The minimum Gasteiger partial charge on any atom is -0.466 e. The first-order valence-corrected chi connectivity index (χ1v) is 12.0. The smallest absolute Gasteiger partial charge is 0.330 e. The first-order chi connectivity index (χ1) is 17.1. The van der Waals surface area contributed by atoms with E-state index >= 15 is 0 Å². The number of rotatable bonds is 6. The van der Waals surface area contributed by atoms with Crippen LogP contribution in [0.25, 0.3) is 28.2 Å². The zero-order valence-corrected chi connectivity index (χ0v) is 19.8. The first kappa shape index (κ1) is 23.1. The normalized spacial score (nSPS) is 16.7. The van der Waals surface area contributed by atoms with E-state index in [0.29, 0.717) is 23.6 Å². The number of hydrogen-bond acceptors (Lipinski definition) is 3. The second kappa shape index (κ2) is 10.3. The molecule has 0 spiro atoms. The Morgan fingerprint density at radius 2 is 1.91 bits per heavy atom. The number of hydrogen-bond donors (Lipinski definition) is 1. The van der Waals surface area contributed by atoms with E-state index in [1.54, 1.807) is 6.08 Å². The molecule has 1 saturated heterocycles. The van der Waals surface area contributed by atoms with Crippen LogP contribution in [0.4, 0.5) is 4.39 Å². The van der Waals surface area contributed by atoms with Gasteiger partial charge in [0, 0.05) is 35.6 Å². The highest BCUT2D eigenvalue weighted by atomic mass is 19.1. The molecular weight excluding hydrogens is 439 g/mol. The van der Waals surface area contributed by atoms with Crippen LogP contribution in [0, 0.1) is 5.82 Å². The summed E-state index contributed by atoms with van der Waals surface area (Å²) in [5.74, 6) is -0.349. The Hall–Kier alpha value is -3.70. The van der Waals surface area contributed by atoms with Gasteiger partial charge in [0.15, 0.2) is 0 Å². The maximum Gasteiger partial charge on any atom is 0.330 e. The number of halogens is 1. The molecule has 0 radical (unpaired) electrons. The second-order valence-electron chi connectivity index (χ2n) is 9.11. The van der Waals surface area contributed by atoms with Gasteiger partial charge < -0.3 is 9.72 Å². The lowest BCUT2D eigenvalue weighted by Crippen LogP contribution is -2.34. The lowest BCUT2D eigenvalue weighted by molar-refractivity contribution is -0.134. The van der Waals surface area contributed by atoms with Gasteiger partial charge in [0.1, 0.15) is 5.82 Å². The number of H-pyrrole nitrogens is 1. The summed E-state index contributed by atoms with van der Waals surface area (Å²) < 4.78 is 19.5. The van der Waals surface area contributed by atoms with Gasteiger partial charge in [-0.3, -0.25) is 4.90 Å². The van der Waals surface area contributed by atoms with E-state index in [9.17, 15) is 9.18 Å². The molecule has 1 atom stereocenters. The number of aromatic amines is 1. The fourth-order valence-corrected chi connectivity index (χ4v) is 5.12. The van der Waals surface area contributed by atoms with Gasteiger partial charge in [0.05, 0.1) is 12.8 Å². The highest BCUT2D eigenvalue weighted by Crippen LogP contribution is 2.39. The number of carbonyl (C=O) groups excluding carboxylic acids is 1. The van der Waals surface area contributed by atoms with Crippen LogP contribution in [0.2, 0.25) is 0 Å².